The minimum absolute atomic E-state index is 0.108. The molecule has 1 amide bonds. The normalized spacial score (nSPS) is 13.6. The van der Waals surface area contributed by atoms with E-state index >= 15 is 0 Å². The van der Waals surface area contributed by atoms with Crippen molar-refractivity contribution < 1.29 is 29.1 Å². The number of benzene rings is 2. The van der Waals surface area contributed by atoms with Crippen LogP contribution in [0.2, 0.25) is 0 Å². The lowest BCUT2D eigenvalue weighted by Gasteiger charge is -2.28. The number of unbranched alkanes of at least 4 members (excludes halogenated alkanes) is 5. The van der Waals surface area contributed by atoms with Crippen LogP contribution < -0.4 is 5.32 Å². The van der Waals surface area contributed by atoms with Gasteiger partial charge in [-0.3, -0.25) is 24.0 Å². The second-order valence-corrected chi connectivity index (χ2v) is 16.3. The summed E-state index contributed by atoms with van der Waals surface area (Å²) in [5.41, 5.74) is 1.55. The number of carbonyl (C=O) groups excluding carboxylic acids is 4. The van der Waals surface area contributed by atoms with Crippen molar-refractivity contribution in [2.45, 2.75) is 144 Å². The van der Waals surface area contributed by atoms with E-state index in [1.54, 1.807) is 0 Å². The summed E-state index contributed by atoms with van der Waals surface area (Å²) in [4.78, 5) is 64.2. The van der Waals surface area contributed by atoms with Crippen molar-refractivity contribution in [1.29, 1.82) is 0 Å². The Kier molecular flexibility index (Phi) is 18.4. The number of carbonyl (C=O) groups is 5. The van der Waals surface area contributed by atoms with Crippen LogP contribution in [0, 0.1) is 22.7 Å². The number of carboxylic acids is 1. The van der Waals surface area contributed by atoms with Gasteiger partial charge in [0.05, 0.1) is 12.0 Å². The molecule has 0 aromatic heterocycles. The first-order valence-electron chi connectivity index (χ1n) is 18.7. The van der Waals surface area contributed by atoms with E-state index in [1.165, 1.54) is 0 Å². The first-order chi connectivity index (χ1) is 23.5. The Labute approximate surface area is 301 Å². The predicted octanol–water partition coefficient (Wildman–Crippen LogP) is 9.14. The average Bonchev–Trinajstić information content (AvgIpc) is 3.04. The lowest BCUT2D eigenvalue weighted by molar-refractivity contribution is -0.144. The van der Waals surface area contributed by atoms with Gasteiger partial charge in [-0.1, -0.05) is 128 Å². The fraction of sp³-hybridized carbons (Fsp3) is 0.605. The van der Waals surface area contributed by atoms with Gasteiger partial charge in [0.25, 0.3) is 0 Å². The molecule has 0 fully saturated rings. The fourth-order valence-electron chi connectivity index (χ4n) is 6.33. The lowest BCUT2D eigenvalue weighted by Crippen LogP contribution is -2.46. The van der Waals surface area contributed by atoms with Crippen molar-refractivity contribution >= 4 is 29.2 Å². The Bertz CT molecular complexity index is 1340. The number of amides is 1. The molecule has 2 N–H and O–H groups in total. The molecule has 0 saturated heterocycles. The molecule has 7 nitrogen and oxygen atoms in total. The minimum atomic E-state index is -1.02. The summed E-state index contributed by atoms with van der Waals surface area (Å²) in [7, 11) is 0. The fourth-order valence-corrected chi connectivity index (χ4v) is 6.33. The van der Waals surface area contributed by atoms with Gasteiger partial charge in [-0.25, -0.2) is 0 Å². The van der Waals surface area contributed by atoms with Gasteiger partial charge >= 0.3 is 5.97 Å². The third-order valence-corrected chi connectivity index (χ3v) is 9.29. The zero-order valence-corrected chi connectivity index (χ0v) is 31.6. The van der Waals surface area contributed by atoms with Crippen LogP contribution in [0.3, 0.4) is 0 Å². The van der Waals surface area contributed by atoms with Crippen LogP contribution in [-0.4, -0.2) is 40.4 Å². The molecule has 0 radical (unpaired) electrons. The molecule has 0 heterocycles. The number of rotatable bonds is 24. The second-order valence-electron chi connectivity index (χ2n) is 16.3. The molecule has 0 spiro atoms. The van der Waals surface area contributed by atoms with Gasteiger partial charge in [-0.05, 0) is 61.5 Å². The van der Waals surface area contributed by atoms with E-state index in [9.17, 15) is 29.1 Å². The Morgan fingerprint density at radius 3 is 1.64 bits per heavy atom. The highest BCUT2D eigenvalue weighted by Gasteiger charge is 2.31. The monoisotopic (exact) mass is 689 g/mol. The lowest BCUT2D eigenvalue weighted by atomic mass is 9.81. The molecule has 50 heavy (non-hydrogen) atoms. The molecule has 0 aliphatic rings. The summed E-state index contributed by atoms with van der Waals surface area (Å²) in [6.45, 7) is 12.1. The summed E-state index contributed by atoms with van der Waals surface area (Å²) in [5.74, 6) is -2.18. The zero-order valence-electron chi connectivity index (χ0n) is 31.6. The van der Waals surface area contributed by atoms with Crippen LogP contribution in [0.1, 0.15) is 136 Å². The van der Waals surface area contributed by atoms with Crippen LogP contribution in [0.4, 0.5) is 0 Å². The highest BCUT2D eigenvalue weighted by atomic mass is 16.4. The molecule has 2 aromatic carbocycles. The van der Waals surface area contributed by atoms with Crippen LogP contribution in [0.15, 0.2) is 60.7 Å². The first-order valence-corrected chi connectivity index (χ1v) is 18.7. The topological polar surface area (TPSA) is 118 Å². The molecule has 0 aliphatic heterocycles. The van der Waals surface area contributed by atoms with Gasteiger partial charge in [-0.2, -0.15) is 0 Å². The van der Waals surface area contributed by atoms with Crippen LogP contribution in [-0.2, 0) is 36.8 Å². The van der Waals surface area contributed by atoms with E-state index in [1.807, 2.05) is 81.4 Å². The van der Waals surface area contributed by atoms with Gasteiger partial charge < -0.3 is 10.4 Å². The third kappa shape index (κ3) is 17.9. The molecule has 276 valence electrons. The molecule has 0 saturated carbocycles. The van der Waals surface area contributed by atoms with Crippen LogP contribution >= 0.6 is 0 Å². The van der Waals surface area contributed by atoms with Gasteiger partial charge in [0.15, 0.2) is 5.78 Å². The van der Waals surface area contributed by atoms with Gasteiger partial charge in [0, 0.05) is 37.0 Å². The number of hydrogen-bond donors (Lipinski definition) is 2. The summed E-state index contributed by atoms with van der Waals surface area (Å²) in [6.07, 6.45) is 8.88. The number of nitrogens with one attached hydrogen (secondary N) is 1. The summed E-state index contributed by atoms with van der Waals surface area (Å²) in [5, 5.41) is 13.1. The molecule has 2 rings (SSSR count). The third-order valence-electron chi connectivity index (χ3n) is 9.29. The van der Waals surface area contributed by atoms with Crippen molar-refractivity contribution in [2.75, 3.05) is 0 Å². The second kappa shape index (κ2) is 21.6. The molecule has 2 aromatic rings. The van der Waals surface area contributed by atoms with Crippen molar-refractivity contribution in [3.8, 4) is 0 Å². The van der Waals surface area contributed by atoms with Crippen LogP contribution in [0.5, 0.6) is 0 Å². The Balaban J connectivity index is 1.91. The molecular weight excluding hydrogens is 626 g/mol. The van der Waals surface area contributed by atoms with Crippen molar-refractivity contribution in [2.24, 2.45) is 22.7 Å². The smallest absolute Gasteiger partial charge is 0.306 e. The maximum atomic E-state index is 13.8. The molecule has 3 unspecified atom stereocenters. The molecule has 0 bridgehead atoms. The maximum absolute atomic E-state index is 13.8. The largest absolute Gasteiger partial charge is 0.481 e. The average molecular weight is 690 g/mol. The summed E-state index contributed by atoms with van der Waals surface area (Å²) < 4.78 is 0. The highest BCUT2D eigenvalue weighted by Crippen LogP contribution is 2.28. The number of hydrogen-bond acceptors (Lipinski definition) is 5. The predicted molar refractivity (Wildman–Crippen MR) is 201 cm³/mol. The first kappa shape index (κ1) is 42.6. The Hall–Kier alpha value is -3.61. The number of aliphatic carboxylic acids is 1. The number of ketones is 3. The van der Waals surface area contributed by atoms with Gasteiger partial charge in [0.1, 0.15) is 11.6 Å². The van der Waals surface area contributed by atoms with E-state index in [2.05, 4.69) is 26.1 Å². The van der Waals surface area contributed by atoms with E-state index in [-0.39, 0.29) is 46.4 Å². The number of carboxylic acid groups (broad SMARTS) is 1. The minimum Gasteiger partial charge on any atom is -0.481 e. The SMILES string of the molecule is CC(C)(C)CC(Cc1ccccc1)C(=O)NC(Cc1ccccc1)C(=O)CC(CCCCCC(=O)CCCCCCC(=O)C(C)(C)C)C(=O)O. The van der Waals surface area contributed by atoms with Gasteiger partial charge in [-0.15, -0.1) is 0 Å². The van der Waals surface area contributed by atoms with Crippen molar-refractivity contribution in [3.63, 3.8) is 0 Å². The quantitative estimate of drug-likeness (QED) is 0.106. The van der Waals surface area contributed by atoms with Crippen LogP contribution in [0.25, 0.3) is 0 Å². The Morgan fingerprint density at radius 1 is 0.640 bits per heavy atom. The number of Topliss-reactive ketones (excluding diaryl/α,β-unsaturated/α-hetero) is 3. The van der Waals surface area contributed by atoms with E-state index in [4.69, 9.17) is 0 Å². The molecule has 0 aliphatic carbocycles. The van der Waals surface area contributed by atoms with E-state index < -0.39 is 17.9 Å². The molecule has 7 heteroatoms. The molecule has 3 atom stereocenters. The summed E-state index contributed by atoms with van der Waals surface area (Å²) >= 11 is 0. The highest BCUT2D eigenvalue weighted by molar-refractivity contribution is 5.92. The van der Waals surface area contributed by atoms with E-state index in [0.717, 1.165) is 43.2 Å². The van der Waals surface area contributed by atoms with Crippen molar-refractivity contribution in [1.82, 2.24) is 5.32 Å². The Morgan fingerprint density at radius 2 is 1.14 bits per heavy atom. The maximum Gasteiger partial charge on any atom is 0.306 e. The van der Waals surface area contributed by atoms with Crippen molar-refractivity contribution in [3.05, 3.63) is 71.8 Å². The van der Waals surface area contributed by atoms with E-state index in [0.29, 0.717) is 57.8 Å². The zero-order chi connectivity index (χ0) is 37.2. The standard InChI is InChI=1S/C43H63NO6/c1-42(2,3)31-35(28-32-20-12-9-13-21-32)40(48)44-37(29-33-22-14-10-15-23-33)38(46)30-34(41(49)50)24-16-11-18-26-36(45)25-17-7-8-19-27-39(47)43(4,5)6/h9-10,12-15,20-23,34-35,37H,7-8,11,16-19,24-31H2,1-6H3,(H,44,48)(H,49,50). The van der Waals surface area contributed by atoms with Gasteiger partial charge in [0.2, 0.25) is 5.91 Å². The summed E-state index contributed by atoms with van der Waals surface area (Å²) in [6, 6.07) is 18.5. The molecular formula is C43H63NO6.